The summed E-state index contributed by atoms with van der Waals surface area (Å²) in [5.41, 5.74) is -0.0329. The molecule has 2 heterocycles. The molecule has 186 valence electrons. The number of β-amino-alcohol motifs (C(OH)–C–C–N with tert-alkyl or cyclic N) is 1. The molecule has 1 N–H and O–H groups in total. The first kappa shape index (κ1) is 25.8. The van der Waals surface area contributed by atoms with Crippen molar-refractivity contribution in [3.05, 3.63) is 29.8 Å². The topological polar surface area (TPSA) is 112 Å². The average molecular weight is 474 g/mol. The Morgan fingerprint density at radius 2 is 1.76 bits per heavy atom. The fourth-order valence-corrected chi connectivity index (χ4v) is 4.52. The van der Waals surface area contributed by atoms with E-state index in [4.69, 9.17) is 19.5 Å². The lowest BCUT2D eigenvalue weighted by molar-refractivity contribution is -0.166. The Morgan fingerprint density at radius 3 is 2.29 bits per heavy atom. The number of esters is 1. The van der Waals surface area contributed by atoms with Crippen molar-refractivity contribution < 1.29 is 28.9 Å². The van der Waals surface area contributed by atoms with Crippen LogP contribution in [0, 0.1) is 23.2 Å². The van der Waals surface area contributed by atoms with Gasteiger partial charge in [0, 0.05) is 51.0 Å². The van der Waals surface area contributed by atoms with Crippen LogP contribution in [0.4, 0.5) is 4.79 Å². The van der Waals surface area contributed by atoms with Gasteiger partial charge >= 0.3 is 12.1 Å². The second-order valence-corrected chi connectivity index (χ2v) is 10.0. The molecule has 9 heteroatoms. The number of likely N-dealkylation sites (tertiary alicyclic amines) is 2. The van der Waals surface area contributed by atoms with Gasteiger partial charge in [0.25, 0.3) is 0 Å². The standard InChI is InChI=1S/C25H35N3O6/c1-5-22(30)33-23-18-11-27(12-19(23)14-28(13-18)24(31)34-25(2,3)4)15-20(29)16-32-21-8-6-17(10-26)7-9-21/h6-9,18-20,23,29H,5,11-16H2,1-4H3. The third-order valence-electron chi connectivity index (χ3n) is 5.93. The van der Waals surface area contributed by atoms with Gasteiger partial charge in [0.2, 0.25) is 0 Å². The first-order valence-corrected chi connectivity index (χ1v) is 11.8. The van der Waals surface area contributed by atoms with Crippen molar-refractivity contribution in [2.45, 2.75) is 51.9 Å². The van der Waals surface area contributed by atoms with E-state index in [2.05, 4.69) is 11.0 Å². The summed E-state index contributed by atoms with van der Waals surface area (Å²) < 4.78 is 17.0. The highest BCUT2D eigenvalue weighted by Crippen LogP contribution is 2.33. The number of nitriles is 1. The molecular weight excluding hydrogens is 438 g/mol. The van der Waals surface area contributed by atoms with E-state index < -0.39 is 11.7 Å². The molecule has 9 nitrogen and oxygen atoms in total. The minimum absolute atomic E-state index is 0.0674. The van der Waals surface area contributed by atoms with Crippen molar-refractivity contribution in [3.8, 4) is 11.8 Å². The fraction of sp³-hybridized carbons (Fsp3) is 0.640. The van der Waals surface area contributed by atoms with Crippen molar-refractivity contribution >= 4 is 12.1 Å². The van der Waals surface area contributed by atoms with Crippen LogP contribution >= 0.6 is 0 Å². The molecule has 1 aromatic carbocycles. The highest BCUT2D eigenvalue weighted by molar-refractivity contribution is 5.70. The van der Waals surface area contributed by atoms with Crippen LogP contribution in [0.25, 0.3) is 0 Å². The summed E-state index contributed by atoms with van der Waals surface area (Å²) in [6.45, 7) is 9.85. The number of hydrogen-bond acceptors (Lipinski definition) is 8. The zero-order valence-electron chi connectivity index (χ0n) is 20.4. The number of amides is 1. The number of rotatable bonds is 7. The predicted octanol–water partition coefficient (Wildman–Crippen LogP) is 2.42. The fourth-order valence-electron chi connectivity index (χ4n) is 4.52. The minimum atomic E-state index is -0.715. The van der Waals surface area contributed by atoms with Crippen LogP contribution in [0.2, 0.25) is 0 Å². The second-order valence-electron chi connectivity index (χ2n) is 10.0. The van der Waals surface area contributed by atoms with Gasteiger partial charge in [-0.15, -0.1) is 0 Å². The van der Waals surface area contributed by atoms with E-state index in [9.17, 15) is 14.7 Å². The van der Waals surface area contributed by atoms with Crippen molar-refractivity contribution in [1.82, 2.24) is 9.80 Å². The zero-order chi connectivity index (χ0) is 24.9. The monoisotopic (exact) mass is 473 g/mol. The van der Waals surface area contributed by atoms with Crippen LogP contribution in [0.15, 0.2) is 24.3 Å². The quantitative estimate of drug-likeness (QED) is 0.601. The third kappa shape index (κ3) is 7.08. The van der Waals surface area contributed by atoms with Crippen LogP contribution in [0.1, 0.15) is 39.7 Å². The first-order valence-electron chi connectivity index (χ1n) is 11.8. The average Bonchev–Trinajstić information content (AvgIpc) is 2.77. The summed E-state index contributed by atoms with van der Waals surface area (Å²) in [6, 6.07) is 8.80. The Balaban J connectivity index is 1.59. The lowest BCUT2D eigenvalue weighted by atomic mass is 9.81. The molecular formula is C25H35N3O6. The molecule has 2 aliphatic rings. The van der Waals surface area contributed by atoms with E-state index in [-0.39, 0.29) is 36.6 Å². The lowest BCUT2D eigenvalue weighted by Gasteiger charge is -2.50. The number of ether oxygens (including phenoxy) is 3. The number of carbonyl (C=O) groups excluding carboxylic acids is 2. The molecule has 2 fully saturated rings. The van der Waals surface area contributed by atoms with E-state index in [1.165, 1.54) is 0 Å². The van der Waals surface area contributed by atoms with Gasteiger partial charge in [0.15, 0.2) is 0 Å². The van der Waals surface area contributed by atoms with Crippen LogP contribution in [0.5, 0.6) is 5.75 Å². The molecule has 3 unspecified atom stereocenters. The Bertz CT molecular complexity index is 875. The summed E-state index contributed by atoms with van der Waals surface area (Å²) in [5, 5.41) is 19.4. The lowest BCUT2D eigenvalue weighted by Crippen LogP contribution is -2.63. The maximum atomic E-state index is 12.7. The van der Waals surface area contributed by atoms with Gasteiger partial charge in [0.1, 0.15) is 30.2 Å². The van der Waals surface area contributed by atoms with Crippen LogP contribution in [-0.4, -0.2) is 84.1 Å². The van der Waals surface area contributed by atoms with Crippen molar-refractivity contribution in [3.63, 3.8) is 0 Å². The Kier molecular flexibility index (Phi) is 8.39. The smallest absolute Gasteiger partial charge is 0.410 e. The number of carbonyl (C=O) groups is 2. The van der Waals surface area contributed by atoms with Crippen molar-refractivity contribution in [1.29, 1.82) is 5.26 Å². The summed E-state index contributed by atoms with van der Waals surface area (Å²) in [5.74, 6) is 0.215. The molecule has 0 radical (unpaired) electrons. The molecule has 2 aliphatic heterocycles. The minimum Gasteiger partial charge on any atom is -0.491 e. The summed E-state index contributed by atoms with van der Waals surface area (Å²) in [6.07, 6.45) is -1.02. The van der Waals surface area contributed by atoms with Gasteiger partial charge < -0.3 is 24.2 Å². The molecule has 1 amide bonds. The SMILES string of the molecule is CCC(=O)OC1C2CN(CC(O)COc3ccc(C#N)cc3)CC1CN(C(=O)OC(C)(C)C)C2. The van der Waals surface area contributed by atoms with Crippen LogP contribution in [0.3, 0.4) is 0 Å². The molecule has 2 bridgehead atoms. The number of fused-ring (bicyclic) bond motifs is 2. The molecule has 0 saturated carbocycles. The van der Waals surface area contributed by atoms with Gasteiger partial charge in [-0.1, -0.05) is 6.92 Å². The van der Waals surface area contributed by atoms with Gasteiger partial charge in [0.05, 0.1) is 11.6 Å². The number of hydrogen-bond donors (Lipinski definition) is 1. The maximum absolute atomic E-state index is 12.7. The Hall–Kier alpha value is -2.83. The van der Waals surface area contributed by atoms with E-state index in [0.717, 1.165) is 0 Å². The summed E-state index contributed by atoms with van der Waals surface area (Å²) in [7, 11) is 0. The molecule has 34 heavy (non-hydrogen) atoms. The van der Waals surface area contributed by atoms with Gasteiger partial charge in [-0.3, -0.25) is 9.69 Å². The Morgan fingerprint density at radius 1 is 1.15 bits per heavy atom. The molecule has 3 rings (SSSR count). The number of aliphatic hydroxyl groups is 1. The summed E-state index contributed by atoms with van der Waals surface area (Å²) >= 11 is 0. The second kappa shape index (κ2) is 11.1. The van der Waals surface area contributed by atoms with Crippen molar-refractivity contribution in [2.24, 2.45) is 11.8 Å². The van der Waals surface area contributed by atoms with Crippen molar-refractivity contribution in [2.75, 3.05) is 39.3 Å². The molecule has 2 saturated heterocycles. The third-order valence-corrected chi connectivity index (χ3v) is 5.93. The van der Waals surface area contributed by atoms with E-state index in [1.807, 2.05) is 20.8 Å². The van der Waals surface area contributed by atoms with Gasteiger partial charge in [-0.05, 0) is 45.0 Å². The molecule has 0 spiro atoms. The normalized spacial score (nSPS) is 23.5. The van der Waals surface area contributed by atoms with Crippen LogP contribution in [-0.2, 0) is 14.3 Å². The highest BCUT2D eigenvalue weighted by atomic mass is 16.6. The number of piperidine rings is 2. The Labute approximate surface area is 201 Å². The number of nitrogens with zero attached hydrogens (tertiary/aromatic N) is 3. The number of benzene rings is 1. The van der Waals surface area contributed by atoms with Gasteiger partial charge in [-0.25, -0.2) is 4.79 Å². The van der Waals surface area contributed by atoms with Gasteiger partial charge in [-0.2, -0.15) is 5.26 Å². The molecule has 1 aromatic rings. The maximum Gasteiger partial charge on any atom is 0.410 e. The van der Waals surface area contributed by atoms with E-state index >= 15 is 0 Å². The largest absolute Gasteiger partial charge is 0.491 e. The highest BCUT2D eigenvalue weighted by Gasteiger charge is 2.46. The number of aliphatic hydroxyl groups excluding tert-OH is 1. The summed E-state index contributed by atoms with van der Waals surface area (Å²) in [4.78, 5) is 28.5. The predicted molar refractivity (Wildman–Crippen MR) is 124 cm³/mol. The molecule has 0 aliphatic carbocycles. The van der Waals surface area contributed by atoms with E-state index in [0.29, 0.717) is 50.5 Å². The first-order chi connectivity index (χ1) is 16.1. The van der Waals surface area contributed by atoms with Crippen LogP contribution < -0.4 is 4.74 Å². The molecule has 0 aromatic heterocycles. The van der Waals surface area contributed by atoms with E-state index in [1.54, 1.807) is 36.1 Å². The zero-order valence-corrected chi connectivity index (χ0v) is 20.4. The molecule has 3 atom stereocenters.